The molecular weight excluding hydrogens is 812 g/mol. The molecule has 3 N–H and O–H groups in total. The maximum absolute atomic E-state index is 15.1. The van der Waals surface area contributed by atoms with Gasteiger partial charge in [-0.2, -0.15) is 5.10 Å². The number of nitrogens with two attached hydrogens (primary N) is 1. The predicted octanol–water partition coefficient (Wildman–Crippen LogP) is 7.56. The van der Waals surface area contributed by atoms with Gasteiger partial charge in [-0.1, -0.05) is 11.6 Å². The largest absolute Gasteiger partial charge is 0.367 e. The van der Waals surface area contributed by atoms with Crippen molar-refractivity contribution < 1.29 is 30.7 Å². The molecule has 318 valence electrons. The molecule has 0 radical (unpaired) electrons. The Morgan fingerprint density at radius 2 is 1.63 bits per heavy atom. The molecule has 1 saturated heterocycles. The Hall–Kier alpha value is -4.16. The molecule has 12 nitrogen and oxygen atoms in total. The molecule has 3 aromatic heterocycles. The molecule has 0 spiro atoms. The van der Waals surface area contributed by atoms with Gasteiger partial charge in [0.25, 0.3) is 5.56 Å². The van der Waals surface area contributed by atoms with Gasteiger partial charge in [-0.3, -0.25) is 23.7 Å². The fraction of sp³-hybridized carbons (Fsp3) is 0.512. The van der Waals surface area contributed by atoms with E-state index in [2.05, 4.69) is 9.62 Å². The summed E-state index contributed by atoms with van der Waals surface area (Å²) < 4.78 is 94.2. The molecule has 59 heavy (non-hydrogen) atoms. The van der Waals surface area contributed by atoms with Crippen LogP contribution in [-0.4, -0.2) is 80.1 Å². The van der Waals surface area contributed by atoms with E-state index in [1.807, 2.05) is 34.6 Å². The number of pyridine rings is 1. The maximum atomic E-state index is 15.1. The van der Waals surface area contributed by atoms with Gasteiger partial charge >= 0.3 is 0 Å². The third-order valence-electron chi connectivity index (χ3n) is 11.1. The Balaban J connectivity index is 1.46. The van der Waals surface area contributed by atoms with E-state index in [9.17, 15) is 26.0 Å². The summed E-state index contributed by atoms with van der Waals surface area (Å²) in [5, 5.41) is 5.23. The standard InChI is InChI=1S/C41H49ClF4N8O4S/c1-22-14-30(25-10-12-41(45,46)13-11-25)48-35-32(22)38(55)54(37(49-35)29(47)17-24-15-26(43)18-27(44)16-24)31-9-8-28(42)33-34(31)53(50-36(33)51-59(7,56)57)19-23(2)52-20-39(3,4)58-40(5,6)21-52/h8-9,14-16,18,23,25,29H,10-13,17,19-21,47H2,1-7H3,(H,50,51)/t23-,29-/m0/s1. The second kappa shape index (κ2) is 15.4. The van der Waals surface area contributed by atoms with Gasteiger partial charge in [-0.25, -0.2) is 35.9 Å². The summed E-state index contributed by atoms with van der Waals surface area (Å²) in [5.41, 5.74) is 7.09. The molecule has 2 fully saturated rings. The third-order valence-corrected chi connectivity index (χ3v) is 11.9. The van der Waals surface area contributed by atoms with Crippen molar-refractivity contribution >= 4 is 49.4 Å². The van der Waals surface area contributed by atoms with E-state index in [0.29, 0.717) is 29.9 Å². The van der Waals surface area contributed by atoms with Crippen LogP contribution in [0.5, 0.6) is 0 Å². The molecule has 0 unspecified atom stereocenters. The van der Waals surface area contributed by atoms with Crippen LogP contribution in [0.25, 0.3) is 27.6 Å². The SMILES string of the molecule is Cc1cc(C2CCC(F)(F)CC2)nc2nc([C@@H](N)Cc3cc(F)cc(F)c3)n(-c3ccc(Cl)c4c(NS(C)(=O)=O)nn(C[C@H](C)N5CC(C)(C)OC(C)(C)C5)c34)c(=O)c12. The lowest BCUT2D eigenvalue weighted by Crippen LogP contribution is -2.59. The van der Waals surface area contributed by atoms with E-state index in [-0.39, 0.29) is 94.9 Å². The number of morpholine rings is 1. The van der Waals surface area contributed by atoms with Crippen LogP contribution in [0.2, 0.25) is 5.02 Å². The van der Waals surface area contributed by atoms with Crippen LogP contribution in [0.3, 0.4) is 0 Å². The number of fused-ring (bicyclic) bond motifs is 2. The van der Waals surface area contributed by atoms with E-state index in [4.69, 9.17) is 37.1 Å². The lowest BCUT2D eigenvalue weighted by Gasteiger charge is -2.49. The van der Waals surface area contributed by atoms with Crippen LogP contribution < -0.4 is 16.0 Å². The van der Waals surface area contributed by atoms with Crippen molar-refractivity contribution in [1.82, 2.24) is 29.2 Å². The van der Waals surface area contributed by atoms with Crippen molar-refractivity contribution in [3.8, 4) is 5.69 Å². The van der Waals surface area contributed by atoms with Crippen LogP contribution in [0.4, 0.5) is 23.4 Å². The van der Waals surface area contributed by atoms with E-state index in [1.54, 1.807) is 23.7 Å². The first-order valence-corrected chi connectivity index (χ1v) is 21.8. The number of alkyl halides is 2. The fourth-order valence-corrected chi connectivity index (χ4v) is 9.58. The van der Waals surface area contributed by atoms with Gasteiger partial charge in [0.2, 0.25) is 15.9 Å². The minimum Gasteiger partial charge on any atom is -0.367 e. The van der Waals surface area contributed by atoms with E-state index in [1.165, 1.54) is 10.6 Å². The number of rotatable bonds is 10. The molecule has 7 rings (SSSR count). The van der Waals surface area contributed by atoms with Crippen molar-refractivity contribution in [2.24, 2.45) is 5.73 Å². The van der Waals surface area contributed by atoms with E-state index >= 15 is 4.79 Å². The molecule has 1 aliphatic carbocycles. The van der Waals surface area contributed by atoms with Gasteiger partial charge in [-0.15, -0.1) is 0 Å². The number of hydrogen-bond acceptors (Lipinski definition) is 9. The number of sulfonamides is 1. The zero-order chi connectivity index (χ0) is 43.0. The molecule has 0 bridgehead atoms. The molecule has 2 atom stereocenters. The highest BCUT2D eigenvalue weighted by Crippen LogP contribution is 2.41. The average Bonchev–Trinajstić information content (AvgIpc) is 3.43. The highest BCUT2D eigenvalue weighted by atomic mass is 35.5. The van der Waals surface area contributed by atoms with Crippen molar-refractivity contribution in [3.05, 3.63) is 86.1 Å². The van der Waals surface area contributed by atoms with E-state index in [0.717, 1.165) is 24.5 Å². The van der Waals surface area contributed by atoms with Crippen molar-refractivity contribution in [1.29, 1.82) is 0 Å². The number of ether oxygens (including phenoxy) is 1. The summed E-state index contributed by atoms with van der Waals surface area (Å²) in [6.45, 7) is 13.2. The number of aromatic nitrogens is 5. The Labute approximate surface area is 345 Å². The zero-order valence-corrected chi connectivity index (χ0v) is 35.6. The van der Waals surface area contributed by atoms with Gasteiger partial charge < -0.3 is 10.5 Å². The lowest BCUT2D eigenvalue weighted by molar-refractivity contribution is -0.187. The first kappa shape index (κ1) is 42.9. The lowest BCUT2D eigenvalue weighted by atomic mass is 9.84. The number of anilines is 1. The number of aryl methyl sites for hydroxylation is 1. The Morgan fingerprint density at radius 3 is 2.24 bits per heavy atom. The molecule has 0 amide bonds. The molecule has 1 aliphatic heterocycles. The Morgan fingerprint density at radius 1 is 1.00 bits per heavy atom. The molecule has 2 aromatic carbocycles. The second-order valence-electron chi connectivity index (χ2n) is 17.5. The first-order chi connectivity index (χ1) is 27.4. The van der Waals surface area contributed by atoms with Crippen LogP contribution in [0, 0.1) is 18.6 Å². The third kappa shape index (κ3) is 9.14. The number of hydrogen-bond donors (Lipinski definition) is 2. The summed E-state index contributed by atoms with van der Waals surface area (Å²) in [6.07, 6.45) is 0.661. The normalized spacial score (nSPS) is 19.6. The maximum Gasteiger partial charge on any atom is 0.268 e. The molecule has 1 saturated carbocycles. The predicted molar refractivity (Wildman–Crippen MR) is 220 cm³/mol. The molecule has 4 heterocycles. The highest BCUT2D eigenvalue weighted by molar-refractivity contribution is 7.92. The number of nitrogens with one attached hydrogen (secondary N) is 1. The van der Waals surface area contributed by atoms with Gasteiger partial charge in [0.15, 0.2) is 11.5 Å². The molecule has 2 aliphatic rings. The second-order valence-corrected chi connectivity index (χ2v) is 19.6. The van der Waals surface area contributed by atoms with Crippen molar-refractivity contribution in [2.45, 2.75) is 115 Å². The molecule has 18 heteroatoms. The van der Waals surface area contributed by atoms with Crippen LogP contribution in [0.15, 0.2) is 41.2 Å². The van der Waals surface area contributed by atoms with Gasteiger partial charge in [0.05, 0.1) is 57.0 Å². The fourth-order valence-electron chi connectivity index (χ4n) is 8.85. The van der Waals surface area contributed by atoms with Crippen molar-refractivity contribution in [3.63, 3.8) is 0 Å². The van der Waals surface area contributed by atoms with Crippen molar-refractivity contribution in [2.75, 3.05) is 24.1 Å². The smallest absolute Gasteiger partial charge is 0.268 e. The van der Waals surface area contributed by atoms with Crippen LogP contribution in [-0.2, 0) is 27.7 Å². The monoisotopic (exact) mass is 860 g/mol. The number of nitrogens with zero attached hydrogens (tertiary/aromatic N) is 6. The quantitative estimate of drug-likeness (QED) is 0.136. The summed E-state index contributed by atoms with van der Waals surface area (Å²) >= 11 is 6.86. The first-order valence-electron chi connectivity index (χ1n) is 19.5. The van der Waals surface area contributed by atoms with Crippen LogP contribution >= 0.6 is 11.6 Å². The highest BCUT2D eigenvalue weighted by Gasteiger charge is 2.40. The average molecular weight is 861 g/mol. The minimum absolute atomic E-state index is 0.0230. The Kier molecular flexibility index (Phi) is 11.2. The van der Waals surface area contributed by atoms with E-state index < -0.39 is 50.4 Å². The molecule has 5 aromatic rings. The van der Waals surface area contributed by atoms with Gasteiger partial charge in [0, 0.05) is 49.7 Å². The topological polar surface area (TPSA) is 150 Å². The van der Waals surface area contributed by atoms with Crippen LogP contribution in [0.1, 0.15) is 94.9 Å². The summed E-state index contributed by atoms with van der Waals surface area (Å²) in [5.74, 6) is -4.76. The summed E-state index contributed by atoms with van der Waals surface area (Å²) in [7, 11) is -3.88. The minimum atomic E-state index is -3.88. The number of benzene rings is 2. The summed E-state index contributed by atoms with van der Waals surface area (Å²) in [6, 6.07) is 6.49. The van der Waals surface area contributed by atoms with Gasteiger partial charge in [0.1, 0.15) is 17.5 Å². The summed E-state index contributed by atoms with van der Waals surface area (Å²) in [4.78, 5) is 27.0. The molecular formula is C41H49ClF4N8O4S. The van der Waals surface area contributed by atoms with Gasteiger partial charge in [-0.05, 0) is 102 Å². The Bertz CT molecular complexity index is 2590. The number of halogens is 5. The zero-order valence-electron chi connectivity index (χ0n) is 34.0.